The lowest BCUT2D eigenvalue weighted by Crippen LogP contribution is -2.13. The van der Waals surface area contributed by atoms with Crippen molar-refractivity contribution < 1.29 is 4.79 Å². The van der Waals surface area contributed by atoms with E-state index in [2.05, 4.69) is 9.36 Å². The van der Waals surface area contributed by atoms with Crippen molar-refractivity contribution >= 4 is 17.4 Å². The summed E-state index contributed by atoms with van der Waals surface area (Å²) in [5, 5.41) is 0.654. The van der Waals surface area contributed by atoms with Crippen molar-refractivity contribution in [2.24, 2.45) is 5.73 Å². The summed E-state index contributed by atoms with van der Waals surface area (Å²) < 4.78 is 4.16. The van der Waals surface area contributed by atoms with E-state index in [0.717, 1.165) is 5.56 Å². The molecular weight excluding hydrogens is 210 g/mol. The first kappa shape index (κ1) is 9.79. The number of aromatic nitrogens is 2. The second-order valence-corrected chi connectivity index (χ2v) is 3.86. The molecule has 1 amide bonds. The van der Waals surface area contributed by atoms with Crippen LogP contribution in [-0.4, -0.2) is 15.3 Å². The Bertz CT molecular complexity index is 467. The van der Waals surface area contributed by atoms with Gasteiger partial charge >= 0.3 is 0 Å². The number of rotatable bonds is 3. The van der Waals surface area contributed by atoms with E-state index in [1.165, 1.54) is 11.5 Å². The monoisotopic (exact) mass is 219 g/mol. The number of hydrogen-bond donors (Lipinski definition) is 1. The van der Waals surface area contributed by atoms with Gasteiger partial charge in [-0.2, -0.15) is 4.37 Å². The summed E-state index contributed by atoms with van der Waals surface area (Å²) in [5.41, 5.74) is 6.02. The van der Waals surface area contributed by atoms with Crippen LogP contribution in [0, 0.1) is 0 Å². The molecule has 2 rings (SSSR count). The Hall–Kier alpha value is -1.75. The fourth-order valence-corrected chi connectivity index (χ4v) is 1.85. The molecular formula is C10H9N3OS. The van der Waals surface area contributed by atoms with E-state index in [0.29, 0.717) is 10.8 Å². The van der Waals surface area contributed by atoms with Gasteiger partial charge in [0.2, 0.25) is 5.91 Å². The van der Waals surface area contributed by atoms with Crippen molar-refractivity contribution in [2.45, 2.75) is 6.42 Å². The summed E-state index contributed by atoms with van der Waals surface area (Å²) in [5.74, 6) is 0.266. The van der Waals surface area contributed by atoms with Gasteiger partial charge in [-0.05, 0) is 11.5 Å². The van der Waals surface area contributed by atoms with Crippen LogP contribution in [0.1, 0.15) is 5.01 Å². The first-order chi connectivity index (χ1) is 7.25. The van der Waals surface area contributed by atoms with Crippen molar-refractivity contribution in [3.05, 3.63) is 35.3 Å². The Labute approximate surface area is 90.9 Å². The van der Waals surface area contributed by atoms with Gasteiger partial charge in [0.05, 0.1) is 6.42 Å². The van der Waals surface area contributed by atoms with Crippen LogP contribution in [0.25, 0.3) is 11.4 Å². The molecule has 0 aliphatic carbocycles. The van der Waals surface area contributed by atoms with Crippen LogP contribution in [-0.2, 0) is 11.2 Å². The molecule has 0 saturated heterocycles. The van der Waals surface area contributed by atoms with Gasteiger partial charge in [-0.1, -0.05) is 30.3 Å². The van der Waals surface area contributed by atoms with E-state index >= 15 is 0 Å². The average Bonchev–Trinajstić information content (AvgIpc) is 2.67. The average molecular weight is 219 g/mol. The molecule has 4 nitrogen and oxygen atoms in total. The number of carbonyl (C=O) groups excluding carboxylic acids is 1. The highest BCUT2D eigenvalue weighted by atomic mass is 32.1. The minimum absolute atomic E-state index is 0.157. The molecule has 0 aliphatic rings. The summed E-state index contributed by atoms with van der Waals surface area (Å²) in [7, 11) is 0. The summed E-state index contributed by atoms with van der Waals surface area (Å²) in [6.07, 6.45) is 0.157. The first-order valence-electron chi connectivity index (χ1n) is 4.42. The fourth-order valence-electron chi connectivity index (χ4n) is 1.18. The predicted octanol–water partition coefficient (Wildman–Crippen LogP) is 1.23. The van der Waals surface area contributed by atoms with Crippen molar-refractivity contribution in [1.82, 2.24) is 9.36 Å². The molecule has 0 radical (unpaired) electrons. The lowest BCUT2D eigenvalue weighted by atomic mass is 10.2. The number of amides is 1. The second-order valence-electron chi connectivity index (χ2n) is 3.02. The first-order valence-corrected chi connectivity index (χ1v) is 5.19. The molecule has 1 aromatic heterocycles. The molecule has 5 heteroatoms. The van der Waals surface area contributed by atoms with Gasteiger partial charge in [0.1, 0.15) is 5.01 Å². The highest BCUT2D eigenvalue weighted by molar-refractivity contribution is 7.05. The Morgan fingerprint density at radius 3 is 2.73 bits per heavy atom. The molecule has 2 aromatic rings. The maximum atomic E-state index is 10.7. The third-order valence-corrected chi connectivity index (χ3v) is 2.54. The van der Waals surface area contributed by atoms with Crippen LogP contribution < -0.4 is 5.73 Å². The van der Waals surface area contributed by atoms with E-state index in [1.807, 2.05) is 30.3 Å². The summed E-state index contributed by atoms with van der Waals surface area (Å²) >= 11 is 1.21. The minimum Gasteiger partial charge on any atom is -0.369 e. The quantitative estimate of drug-likeness (QED) is 0.844. The van der Waals surface area contributed by atoms with E-state index in [4.69, 9.17) is 5.73 Å². The highest BCUT2D eigenvalue weighted by Gasteiger charge is 2.07. The van der Waals surface area contributed by atoms with E-state index in [-0.39, 0.29) is 12.3 Å². The van der Waals surface area contributed by atoms with Crippen molar-refractivity contribution in [1.29, 1.82) is 0 Å². The third kappa shape index (κ3) is 2.38. The second kappa shape index (κ2) is 4.18. The number of hydrogen-bond acceptors (Lipinski definition) is 4. The lowest BCUT2D eigenvalue weighted by Gasteiger charge is -1.92. The van der Waals surface area contributed by atoms with E-state index < -0.39 is 0 Å². The van der Waals surface area contributed by atoms with Crippen LogP contribution in [0.2, 0.25) is 0 Å². The number of carbonyl (C=O) groups is 1. The van der Waals surface area contributed by atoms with E-state index in [9.17, 15) is 4.79 Å². The molecule has 1 aromatic carbocycles. The maximum Gasteiger partial charge on any atom is 0.224 e. The smallest absolute Gasteiger partial charge is 0.224 e. The zero-order chi connectivity index (χ0) is 10.7. The molecule has 0 spiro atoms. The Morgan fingerprint density at radius 2 is 2.07 bits per heavy atom. The number of primary amides is 1. The largest absolute Gasteiger partial charge is 0.369 e. The maximum absolute atomic E-state index is 10.7. The third-order valence-electron chi connectivity index (χ3n) is 1.83. The van der Waals surface area contributed by atoms with Gasteiger partial charge in [0.15, 0.2) is 5.82 Å². The molecule has 1 heterocycles. The Kier molecular flexibility index (Phi) is 2.73. The molecule has 0 atom stereocenters. The molecule has 0 bridgehead atoms. The zero-order valence-electron chi connectivity index (χ0n) is 7.88. The number of nitrogens with two attached hydrogens (primary N) is 1. The molecule has 0 unspecified atom stereocenters. The normalized spacial score (nSPS) is 10.1. The molecule has 0 fully saturated rings. The molecule has 76 valence electrons. The molecule has 0 saturated carbocycles. The van der Waals surface area contributed by atoms with Gasteiger partial charge in [-0.15, -0.1) is 0 Å². The van der Waals surface area contributed by atoms with Crippen LogP contribution in [0.15, 0.2) is 30.3 Å². The summed E-state index contributed by atoms with van der Waals surface area (Å²) in [4.78, 5) is 14.9. The SMILES string of the molecule is NC(=O)Cc1nc(-c2ccccc2)ns1. The predicted molar refractivity (Wildman–Crippen MR) is 58.2 cm³/mol. The lowest BCUT2D eigenvalue weighted by molar-refractivity contribution is -0.117. The molecule has 0 aliphatic heterocycles. The molecule has 15 heavy (non-hydrogen) atoms. The van der Waals surface area contributed by atoms with Gasteiger partial charge in [0, 0.05) is 5.56 Å². The summed E-state index contributed by atoms with van der Waals surface area (Å²) in [6.45, 7) is 0. The van der Waals surface area contributed by atoms with Crippen molar-refractivity contribution in [3.63, 3.8) is 0 Å². The zero-order valence-corrected chi connectivity index (χ0v) is 8.70. The van der Waals surface area contributed by atoms with Gasteiger partial charge in [-0.3, -0.25) is 4.79 Å². The summed E-state index contributed by atoms with van der Waals surface area (Å²) in [6, 6.07) is 9.63. The van der Waals surface area contributed by atoms with Crippen LogP contribution >= 0.6 is 11.5 Å². The number of benzene rings is 1. The van der Waals surface area contributed by atoms with Crippen molar-refractivity contribution in [2.75, 3.05) is 0 Å². The van der Waals surface area contributed by atoms with Gasteiger partial charge in [-0.25, -0.2) is 4.98 Å². The minimum atomic E-state index is -0.384. The standard InChI is InChI=1S/C10H9N3OS/c11-8(14)6-9-12-10(13-15-9)7-4-2-1-3-5-7/h1-5H,6H2,(H2,11,14). The van der Waals surface area contributed by atoms with Crippen LogP contribution in [0.3, 0.4) is 0 Å². The fraction of sp³-hybridized carbons (Fsp3) is 0.100. The van der Waals surface area contributed by atoms with Crippen LogP contribution in [0.4, 0.5) is 0 Å². The van der Waals surface area contributed by atoms with Gasteiger partial charge in [0.25, 0.3) is 0 Å². The highest BCUT2D eigenvalue weighted by Crippen LogP contribution is 2.17. The van der Waals surface area contributed by atoms with Crippen molar-refractivity contribution in [3.8, 4) is 11.4 Å². The van der Waals surface area contributed by atoms with E-state index in [1.54, 1.807) is 0 Å². The topological polar surface area (TPSA) is 68.9 Å². The van der Waals surface area contributed by atoms with Gasteiger partial charge < -0.3 is 5.73 Å². The Balaban J connectivity index is 2.24. The number of nitrogens with zero attached hydrogens (tertiary/aromatic N) is 2. The molecule has 2 N–H and O–H groups in total. The Morgan fingerprint density at radius 1 is 1.33 bits per heavy atom. The van der Waals surface area contributed by atoms with Crippen LogP contribution in [0.5, 0.6) is 0 Å².